The summed E-state index contributed by atoms with van der Waals surface area (Å²) in [5.41, 5.74) is 7.76. The molecule has 1 saturated carbocycles. The van der Waals surface area contributed by atoms with Crippen LogP contribution in [0.4, 0.5) is 5.82 Å². The standard InChI is InChI=1S/C34H37IN5O3P/c1-20-10-13-28-27(19-36-40(28)44-35)29(20)30-25(23-11-12-23)18-26-31(32(30)42-21(2)22-8-6-5-7-9-22)37-34(38-33(26)39(3)4)43-24-14-16-41-17-15-24/h5-10,13,18-19,21,23-24,44H,11-12,14-17H2,1-4H3. The van der Waals surface area contributed by atoms with Crippen molar-refractivity contribution in [2.75, 3.05) is 32.2 Å². The van der Waals surface area contributed by atoms with Crippen molar-refractivity contribution in [1.29, 1.82) is 0 Å². The van der Waals surface area contributed by atoms with E-state index in [2.05, 4.69) is 87.7 Å². The van der Waals surface area contributed by atoms with E-state index in [0.29, 0.717) is 31.5 Å². The van der Waals surface area contributed by atoms with Gasteiger partial charge in [0.15, 0.2) is 5.75 Å². The van der Waals surface area contributed by atoms with Gasteiger partial charge in [-0.25, -0.2) is 4.45 Å². The number of benzene rings is 3. The largest absolute Gasteiger partial charge is 0.483 e. The third-order valence-electron chi connectivity index (χ3n) is 8.67. The number of rotatable bonds is 9. The molecule has 2 aliphatic rings. The second-order valence-corrected chi connectivity index (χ2v) is 14.0. The maximum Gasteiger partial charge on any atom is 0.319 e. The molecule has 2 atom stereocenters. The summed E-state index contributed by atoms with van der Waals surface area (Å²) >= 11 is 2.40. The van der Waals surface area contributed by atoms with Gasteiger partial charge in [-0.1, -0.05) is 36.4 Å². The molecule has 2 unspecified atom stereocenters. The molecule has 8 nitrogen and oxygen atoms in total. The fourth-order valence-electron chi connectivity index (χ4n) is 6.22. The van der Waals surface area contributed by atoms with E-state index in [0.717, 1.165) is 70.2 Å². The van der Waals surface area contributed by atoms with Crippen molar-refractivity contribution >= 4 is 56.0 Å². The van der Waals surface area contributed by atoms with Gasteiger partial charge in [0.25, 0.3) is 0 Å². The van der Waals surface area contributed by atoms with Crippen LogP contribution in [0, 0.1) is 6.92 Å². The maximum atomic E-state index is 7.12. The average Bonchev–Trinajstić information content (AvgIpc) is 3.80. The van der Waals surface area contributed by atoms with Crippen LogP contribution in [0.1, 0.15) is 61.3 Å². The van der Waals surface area contributed by atoms with Gasteiger partial charge in [0.2, 0.25) is 0 Å². The molecule has 1 aliphatic carbocycles. The number of ether oxygens (including phenoxy) is 3. The molecular weight excluding hydrogens is 684 g/mol. The Morgan fingerprint density at radius 1 is 1.00 bits per heavy atom. The Hall–Kier alpha value is -3.01. The van der Waals surface area contributed by atoms with Crippen LogP contribution in [0.25, 0.3) is 32.9 Å². The molecule has 1 saturated heterocycles. The van der Waals surface area contributed by atoms with E-state index in [9.17, 15) is 0 Å². The van der Waals surface area contributed by atoms with Crippen LogP contribution >= 0.6 is 28.4 Å². The minimum absolute atomic E-state index is 0.0185. The Balaban J connectivity index is 1.53. The Morgan fingerprint density at radius 2 is 1.77 bits per heavy atom. The van der Waals surface area contributed by atoms with E-state index in [1.54, 1.807) is 0 Å². The van der Waals surface area contributed by atoms with Crippen LogP contribution < -0.4 is 14.4 Å². The summed E-state index contributed by atoms with van der Waals surface area (Å²) < 4.78 is 21.2. The van der Waals surface area contributed by atoms with Gasteiger partial charge in [-0.3, -0.25) is 0 Å². The van der Waals surface area contributed by atoms with Crippen molar-refractivity contribution < 1.29 is 14.2 Å². The Labute approximate surface area is 272 Å². The minimum Gasteiger partial charge on any atom is -0.483 e. The molecule has 44 heavy (non-hydrogen) atoms. The zero-order valence-electron chi connectivity index (χ0n) is 25.5. The number of aromatic nitrogens is 4. The number of hydrogen-bond acceptors (Lipinski definition) is 7. The lowest BCUT2D eigenvalue weighted by Gasteiger charge is -2.26. The van der Waals surface area contributed by atoms with Crippen LogP contribution in [0.2, 0.25) is 0 Å². The van der Waals surface area contributed by atoms with E-state index in [4.69, 9.17) is 29.3 Å². The lowest BCUT2D eigenvalue weighted by Crippen LogP contribution is -2.27. The number of anilines is 1. The summed E-state index contributed by atoms with van der Waals surface area (Å²) in [5.74, 6) is 2.06. The highest BCUT2D eigenvalue weighted by Crippen LogP contribution is 2.53. The zero-order valence-corrected chi connectivity index (χ0v) is 28.7. The quantitative estimate of drug-likeness (QED) is 0.112. The SMILES string of the molecule is Cc1ccc2c(cnn2PI)c1-c1c(C2CC2)cc2c(N(C)C)nc(OC3CCOCC3)nc2c1OC(C)c1ccccc1. The molecule has 0 bridgehead atoms. The summed E-state index contributed by atoms with van der Waals surface area (Å²) in [6.07, 6.45) is 6.28. The second kappa shape index (κ2) is 12.4. The lowest BCUT2D eigenvalue weighted by molar-refractivity contribution is 0.0219. The Kier molecular flexibility index (Phi) is 8.37. The topological polar surface area (TPSA) is 74.5 Å². The third-order valence-corrected chi connectivity index (χ3v) is 10.6. The highest BCUT2D eigenvalue weighted by molar-refractivity contribution is 14.2. The molecular formula is C34H37IN5O3P. The predicted molar refractivity (Wildman–Crippen MR) is 187 cm³/mol. The van der Waals surface area contributed by atoms with Gasteiger partial charge in [0, 0.05) is 43.3 Å². The van der Waals surface area contributed by atoms with E-state index >= 15 is 0 Å². The molecule has 1 aliphatic heterocycles. The molecule has 0 amide bonds. The van der Waals surface area contributed by atoms with Crippen molar-refractivity contribution in [2.24, 2.45) is 0 Å². The number of halogens is 1. The summed E-state index contributed by atoms with van der Waals surface area (Å²) in [7, 11) is 4.06. The van der Waals surface area contributed by atoms with E-state index < -0.39 is 0 Å². The van der Waals surface area contributed by atoms with Crippen molar-refractivity contribution in [2.45, 2.75) is 57.7 Å². The fourth-order valence-corrected chi connectivity index (χ4v) is 7.77. The monoisotopic (exact) mass is 721 g/mol. The van der Waals surface area contributed by atoms with Crippen molar-refractivity contribution in [3.8, 4) is 22.9 Å². The van der Waals surface area contributed by atoms with Crippen LogP contribution in [0.15, 0.2) is 54.7 Å². The van der Waals surface area contributed by atoms with Gasteiger partial charge >= 0.3 is 6.01 Å². The molecule has 0 radical (unpaired) electrons. The molecule has 5 aromatic rings. The average molecular weight is 722 g/mol. The van der Waals surface area contributed by atoms with Gasteiger partial charge in [-0.15, -0.1) is 0 Å². The zero-order chi connectivity index (χ0) is 30.4. The van der Waals surface area contributed by atoms with Crippen molar-refractivity contribution in [3.05, 3.63) is 71.4 Å². The summed E-state index contributed by atoms with van der Waals surface area (Å²) in [6, 6.07) is 17.5. The van der Waals surface area contributed by atoms with Crippen LogP contribution in [0.3, 0.4) is 0 Å². The highest BCUT2D eigenvalue weighted by atomic mass is 127. The normalized spacial score (nSPS) is 16.7. The molecule has 7 rings (SSSR count). The Morgan fingerprint density at radius 3 is 2.48 bits per heavy atom. The molecule has 228 valence electrons. The smallest absolute Gasteiger partial charge is 0.319 e. The third kappa shape index (κ3) is 5.63. The van der Waals surface area contributed by atoms with E-state index in [1.807, 2.05) is 26.4 Å². The first-order valence-corrected chi connectivity index (χ1v) is 19.4. The number of aryl methyl sites for hydroxylation is 1. The first-order valence-electron chi connectivity index (χ1n) is 15.3. The van der Waals surface area contributed by atoms with Crippen LogP contribution in [0.5, 0.6) is 11.8 Å². The van der Waals surface area contributed by atoms with Gasteiger partial charge < -0.3 is 19.1 Å². The van der Waals surface area contributed by atoms with Crippen molar-refractivity contribution in [3.63, 3.8) is 0 Å². The predicted octanol–water partition coefficient (Wildman–Crippen LogP) is 8.39. The molecule has 2 aromatic heterocycles. The fraction of sp³-hybridized carbons (Fsp3) is 0.382. The number of fused-ring (bicyclic) bond motifs is 2. The minimum atomic E-state index is -0.205. The number of hydrogen-bond donors (Lipinski definition) is 0. The summed E-state index contributed by atoms with van der Waals surface area (Å²) in [5, 5.41) is 6.88. The van der Waals surface area contributed by atoms with Gasteiger partial charge in [-0.05, 0) is 89.0 Å². The molecule has 10 heteroatoms. The van der Waals surface area contributed by atoms with Gasteiger partial charge in [0.05, 0.1) is 31.3 Å². The van der Waals surface area contributed by atoms with Crippen LogP contribution in [-0.2, 0) is 4.74 Å². The highest BCUT2D eigenvalue weighted by Gasteiger charge is 2.33. The summed E-state index contributed by atoms with van der Waals surface area (Å²) in [6.45, 7) is 5.68. The lowest BCUT2D eigenvalue weighted by atomic mass is 9.89. The second-order valence-electron chi connectivity index (χ2n) is 12.0. The summed E-state index contributed by atoms with van der Waals surface area (Å²) in [4.78, 5) is 12.2. The molecule has 0 N–H and O–H groups in total. The first kappa shape index (κ1) is 29.7. The molecule has 2 fully saturated rings. The number of nitrogens with zero attached hydrogens (tertiary/aromatic N) is 5. The Bertz CT molecular complexity index is 1820. The molecule has 3 aromatic carbocycles. The maximum absolute atomic E-state index is 7.12. The van der Waals surface area contributed by atoms with Gasteiger partial charge in [-0.2, -0.15) is 15.1 Å². The molecule has 0 spiro atoms. The van der Waals surface area contributed by atoms with E-state index in [1.165, 1.54) is 16.7 Å². The van der Waals surface area contributed by atoms with E-state index in [-0.39, 0.29) is 12.2 Å². The van der Waals surface area contributed by atoms with Crippen molar-refractivity contribution in [1.82, 2.24) is 19.5 Å². The first-order chi connectivity index (χ1) is 21.4. The van der Waals surface area contributed by atoms with Gasteiger partial charge in [0.1, 0.15) is 23.5 Å². The molecule has 3 heterocycles. The van der Waals surface area contributed by atoms with Crippen LogP contribution in [-0.4, -0.2) is 52.9 Å².